The van der Waals surface area contributed by atoms with Crippen molar-refractivity contribution in [2.45, 2.75) is 52.2 Å². The molecule has 1 saturated heterocycles. The summed E-state index contributed by atoms with van der Waals surface area (Å²) in [6, 6.07) is 0. The van der Waals surface area contributed by atoms with Crippen molar-refractivity contribution >= 4 is 23.5 Å². The Labute approximate surface area is 222 Å². The molecule has 4 rings (SSSR count). The first-order valence-electron chi connectivity index (χ1n) is 12.8. The number of aliphatic hydroxyl groups is 1. The van der Waals surface area contributed by atoms with Gasteiger partial charge in [0.15, 0.2) is 5.76 Å². The molecule has 4 aliphatic rings. The molecular weight excluding hydrogens is 490 g/mol. The van der Waals surface area contributed by atoms with Crippen molar-refractivity contribution in [3.8, 4) is 0 Å². The maximum Gasteiger partial charge on any atom is 0.340 e. The number of ether oxygens (including phenoxy) is 3. The van der Waals surface area contributed by atoms with E-state index in [1.165, 1.54) is 20.2 Å². The van der Waals surface area contributed by atoms with E-state index in [-0.39, 0.29) is 42.0 Å². The van der Waals surface area contributed by atoms with Gasteiger partial charge in [-0.1, -0.05) is 19.1 Å². The first-order chi connectivity index (χ1) is 17.9. The summed E-state index contributed by atoms with van der Waals surface area (Å²) in [7, 11) is 1.46. The Hall–Kier alpha value is -3.46. The molecule has 0 aromatic heterocycles. The maximum atomic E-state index is 14.0. The molecule has 38 heavy (non-hydrogen) atoms. The van der Waals surface area contributed by atoms with Crippen LogP contribution in [0.1, 0.15) is 40.0 Å². The van der Waals surface area contributed by atoms with E-state index in [9.17, 15) is 24.3 Å². The standard InChI is InChI=1S/C29H35NO8/c1-7-11-30(12-8-2)14-17-23-26(34)25(33)22-18-9-10-20(32)28(18,4)13-19(37-16(3)31)24(22)29(23,5)21(15-36-6)38-27(17)35/h7-8,14,18-19,21,34H,1-2,9-13,15H2,3-6H3/b17-14+/t18-,19+,21?,28-,29-/m0/s1. The quantitative estimate of drug-likeness (QED) is 0.290. The highest BCUT2D eigenvalue weighted by atomic mass is 16.6. The number of Topliss-reactive ketones (excluding diaryl/α,β-unsaturated/α-hetero) is 2. The minimum atomic E-state index is -1.27. The molecule has 0 aromatic rings. The molecule has 3 aliphatic carbocycles. The third-order valence-electron chi connectivity index (χ3n) is 8.46. The molecule has 1 saturated carbocycles. The van der Waals surface area contributed by atoms with Crippen LogP contribution in [0.4, 0.5) is 0 Å². The van der Waals surface area contributed by atoms with Crippen molar-refractivity contribution in [3.63, 3.8) is 0 Å². The van der Waals surface area contributed by atoms with Crippen molar-refractivity contribution < 1.29 is 38.5 Å². The number of fused-ring (bicyclic) bond motifs is 4. The number of carbonyl (C=O) groups excluding carboxylic acids is 4. The van der Waals surface area contributed by atoms with E-state index >= 15 is 0 Å². The van der Waals surface area contributed by atoms with E-state index in [1.54, 1.807) is 30.9 Å². The summed E-state index contributed by atoms with van der Waals surface area (Å²) < 4.78 is 17.1. The van der Waals surface area contributed by atoms with Gasteiger partial charge in [-0.2, -0.15) is 0 Å². The zero-order chi connectivity index (χ0) is 28.0. The second-order valence-corrected chi connectivity index (χ2v) is 10.7. The number of hydrogen-bond donors (Lipinski definition) is 1. The minimum Gasteiger partial charge on any atom is -0.504 e. The van der Waals surface area contributed by atoms with Crippen molar-refractivity contribution in [1.82, 2.24) is 4.90 Å². The number of esters is 2. The van der Waals surface area contributed by atoms with Crippen LogP contribution in [-0.4, -0.2) is 72.5 Å². The molecule has 0 radical (unpaired) electrons. The molecule has 0 amide bonds. The average Bonchev–Trinajstić information content (AvgIpc) is 3.13. The van der Waals surface area contributed by atoms with Crippen molar-refractivity contribution in [2.24, 2.45) is 16.7 Å². The lowest BCUT2D eigenvalue weighted by Crippen LogP contribution is -2.57. The number of methoxy groups -OCH3 is 1. The molecule has 2 fully saturated rings. The molecule has 1 heterocycles. The highest BCUT2D eigenvalue weighted by Crippen LogP contribution is 2.62. The Kier molecular flexibility index (Phi) is 7.27. The van der Waals surface area contributed by atoms with Gasteiger partial charge in [-0.05, 0) is 18.9 Å². The SMILES string of the molecule is C=CCN(/C=C1/C(=O)OC(COC)[C@@]2(C)C1=C(O)C(=O)C1=C2[C@H](OC(C)=O)C[C@]2(C)C(=O)CC[C@@H]12)CC=C. The van der Waals surface area contributed by atoms with Crippen LogP contribution in [0.15, 0.2) is 59.6 Å². The molecular formula is C29H35NO8. The lowest BCUT2D eigenvalue weighted by molar-refractivity contribution is -0.160. The molecule has 9 heteroatoms. The Bertz CT molecular complexity index is 1200. The predicted octanol–water partition coefficient (Wildman–Crippen LogP) is 3.13. The van der Waals surface area contributed by atoms with Crippen LogP contribution in [0.3, 0.4) is 0 Å². The lowest BCUT2D eigenvalue weighted by atomic mass is 9.53. The molecule has 0 bridgehead atoms. The summed E-state index contributed by atoms with van der Waals surface area (Å²) in [6.45, 7) is 13.0. The van der Waals surface area contributed by atoms with Crippen molar-refractivity contribution in [3.05, 3.63) is 59.6 Å². The van der Waals surface area contributed by atoms with Gasteiger partial charge in [0, 0.05) is 68.6 Å². The molecule has 1 N–H and O–H groups in total. The zero-order valence-electron chi connectivity index (χ0n) is 22.4. The Morgan fingerprint density at radius 2 is 1.87 bits per heavy atom. The minimum absolute atomic E-state index is 0.00740. The Balaban J connectivity index is 2.02. The van der Waals surface area contributed by atoms with E-state index in [0.717, 1.165) is 0 Å². The summed E-state index contributed by atoms with van der Waals surface area (Å²) in [5.74, 6) is -2.99. The molecule has 1 aliphatic heterocycles. The topological polar surface area (TPSA) is 119 Å². The molecule has 1 unspecified atom stereocenters. The van der Waals surface area contributed by atoms with Gasteiger partial charge < -0.3 is 24.2 Å². The maximum absolute atomic E-state index is 14.0. The fourth-order valence-electron chi connectivity index (χ4n) is 6.78. The predicted molar refractivity (Wildman–Crippen MR) is 138 cm³/mol. The number of aliphatic hydroxyl groups excluding tert-OH is 1. The van der Waals surface area contributed by atoms with E-state index in [0.29, 0.717) is 25.1 Å². The highest BCUT2D eigenvalue weighted by Gasteiger charge is 2.64. The fraction of sp³-hybridized carbons (Fsp3) is 0.517. The third kappa shape index (κ3) is 4.04. The third-order valence-corrected chi connectivity index (χ3v) is 8.46. The zero-order valence-corrected chi connectivity index (χ0v) is 22.4. The van der Waals surface area contributed by atoms with Gasteiger partial charge in [-0.25, -0.2) is 4.79 Å². The van der Waals surface area contributed by atoms with Gasteiger partial charge in [0.05, 0.1) is 17.6 Å². The van der Waals surface area contributed by atoms with Gasteiger partial charge in [0.2, 0.25) is 5.78 Å². The summed E-state index contributed by atoms with van der Waals surface area (Å²) >= 11 is 0. The molecule has 5 atom stereocenters. The average molecular weight is 526 g/mol. The van der Waals surface area contributed by atoms with E-state index < -0.39 is 52.4 Å². The summed E-state index contributed by atoms with van der Waals surface area (Å²) in [5, 5.41) is 11.5. The highest BCUT2D eigenvalue weighted by molar-refractivity contribution is 6.14. The van der Waals surface area contributed by atoms with E-state index in [1.807, 2.05) is 0 Å². The first-order valence-corrected chi connectivity index (χ1v) is 12.8. The molecule has 0 spiro atoms. The number of nitrogens with zero attached hydrogens (tertiary/aromatic N) is 1. The number of hydrogen-bond acceptors (Lipinski definition) is 9. The van der Waals surface area contributed by atoms with E-state index in [2.05, 4.69) is 13.2 Å². The number of ketones is 2. The smallest absolute Gasteiger partial charge is 0.340 e. The van der Waals surface area contributed by atoms with Crippen LogP contribution in [0.25, 0.3) is 0 Å². The lowest BCUT2D eigenvalue weighted by Gasteiger charge is -2.53. The fourth-order valence-corrected chi connectivity index (χ4v) is 6.78. The monoisotopic (exact) mass is 525 g/mol. The number of carbonyl (C=O) groups is 4. The van der Waals surface area contributed by atoms with Crippen LogP contribution < -0.4 is 0 Å². The van der Waals surface area contributed by atoms with Gasteiger partial charge in [-0.15, -0.1) is 13.2 Å². The van der Waals surface area contributed by atoms with Crippen LogP contribution in [0.2, 0.25) is 0 Å². The normalized spacial score (nSPS) is 33.4. The number of cyclic esters (lactones) is 1. The van der Waals surface area contributed by atoms with Gasteiger partial charge in [0.1, 0.15) is 18.0 Å². The van der Waals surface area contributed by atoms with Gasteiger partial charge in [0.25, 0.3) is 0 Å². The molecule has 9 nitrogen and oxygen atoms in total. The number of allylic oxidation sites excluding steroid dienone is 1. The molecule has 0 aromatic carbocycles. The van der Waals surface area contributed by atoms with Crippen LogP contribution in [-0.2, 0) is 33.4 Å². The van der Waals surface area contributed by atoms with E-state index in [4.69, 9.17) is 14.2 Å². The first kappa shape index (κ1) is 27.6. The second kappa shape index (κ2) is 10.0. The number of rotatable bonds is 8. The van der Waals surface area contributed by atoms with Crippen LogP contribution in [0.5, 0.6) is 0 Å². The van der Waals surface area contributed by atoms with Crippen molar-refractivity contribution in [1.29, 1.82) is 0 Å². The summed E-state index contributed by atoms with van der Waals surface area (Å²) in [6.07, 6.45) is 3.89. The van der Waals surface area contributed by atoms with Crippen molar-refractivity contribution in [2.75, 3.05) is 26.8 Å². The second-order valence-electron chi connectivity index (χ2n) is 10.7. The van der Waals surface area contributed by atoms with Gasteiger partial charge >= 0.3 is 11.9 Å². The van der Waals surface area contributed by atoms with Crippen LogP contribution in [0, 0.1) is 16.7 Å². The Morgan fingerprint density at radius 1 is 1.21 bits per heavy atom. The largest absolute Gasteiger partial charge is 0.504 e. The van der Waals surface area contributed by atoms with Crippen LogP contribution >= 0.6 is 0 Å². The summed E-state index contributed by atoms with van der Waals surface area (Å²) in [5.41, 5.74) is -1.35. The van der Waals surface area contributed by atoms with Gasteiger partial charge in [-0.3, -0.25) is 14.4 Å². The summed E-state index contributed by atoms with van der Waals surface area (Å²) in [4.78, 5) is 54.3. The molecule has 204 valence electrons. The Morgan fingerprint density at radius 3 is 2.45 bits per heavy atom.